The molecular formula is C73H142O17P2. The van der Waals surface area contributed by atoms with Crippen LogP contribution in [-0.2, 0) is 65.4 Å². The average Bonchev–Trinajstić information content (AvgIpc) is 2.85. The molecule has 0 aromatic heterocycles. The summed E-state index contributed by atoms with van der Waals surface area (Å²) in [6.07, 6.45) is 53.9. The average molecular weight is 1350 g/mol. The largest absolute Gasteiger partial charge is 0.472 e. The highest BCUT2D eigenvalue weighted by Crippen LogP contribution is 2.45. The lowest BCUT2D eigenvalue weighted by Gasteiger charge is -2.21. The number of carbonyl (C=O) groups excluding carboxylic acids is 4. The van der Waals surface area contributed by atoms with Gasteiger partial charge in [0, 0.05) is 25.7 Å². The van der Waals surface area contributed by atoms with Crippen molar-refractivity contribution in [1.82, 2.24) is 0 Å². The number of carbonyl (C=O) groups is 4. The van der Waals surface area contributed by atoms with Gasteiger partial charge < -0.3 is 33.8 Å². The van der Waals surface area contributed by atoms with Gasteiger partial charge in [-0.2, -0.15) is 0 Å². The van der Waals surface area contributed by atoms with Gasteiger partial charge in [0.2, 0.25) is 0 Å². The third-order valence-electron chi connectivity index (χ3n) is 17.4. The lowest BCUT2D eigenvalue weighted by molar-refractivity contribution is -0.161. The molecule has 0 heterocycles. The number of phosphoric ester groups is 2. The number of aliphatic hydroxyl groups excluding tert-OH is 1. The minimum Gasteiger partial charge on any atom is -0.462 e. The van der Waals surface area contributed by atoms with Crippen LogP contribution in [0, 0.1) is 5.92 Å². The smallest absolute Gasteiger partial charge is 0.462 e. The van der Waals surface area contributed by atoms with Crippen LogP contribution < -0.4 is 0 Å². The Bertz CT molecular complexity index is 1770. The number of hydrogen-bond acceptors (Lipinski definition) is 15. The van der Waals surface area contributed by atoms with E-state index in [1.807, 2.05) is 0 Å². The normalized spacial score (nSPS) is 14.3. The quantitative estimate of drug-likeness (QED) is 0.0222. The van der Waals surface area contributed by atoms with Crippen molar-refractivity contribution in [3.05, 3.63) is 0 Å². The van der Waals surface area contributed by atoms with E-state index in [1.165, 1.54) is 199 Å². The van der Waals surface area contributed by atoms with Crippen LogP contribution >= 0.6 is 15.6 Å². The minimum atomic E-state index is -4.95. The molecule has 3 unspecified atom stereocenters. The molecule has 0 aromatic rings. The molecule has 0 amide bonds. The maximum Gasteiger partial charge on any atom is 0.472 e. The molecule has 0 aliphatic heterocycles. The van der Waals surface area contributed by atoms with Gasteiger partial charge in [0.1, 0.15) is 19.3 Å². The van der Waals surface area contributed by atoms with Crippen molar-refractivity contribution in [2.24, 2.45) is 5.92 Å². The molecule has 17 nitrogen and oxygen atoms in total. The van der Waals surface area contributed by atoms with Crippen molar-refractivity contribution in [1.29, 1.82) is 0 Å². The molecule has 0 aliphatic rings. The van der Waals surface area contributed by atoms with Gasteiger partial charge in [0.15, 0.2) is 12.2 Å². The molecule has 3 N–H and O–H groups in total. The molecule has 19 heteroatoms. The fourth-order valence-electron chi connectivity index (χ4n) is 11.1. The van der Waals surface area contributed by atoms with Crippen molar-refractivity contribution in [2.45, 2.75) is 400 Å². The number of ether oxygens (including phenoxy) is 4. The zero-order valence-electron chi connectivity index (χ0n) is 59.7. The summed E-state index contributed by atoms with van der Waals surface area (Å²) >= 11 is 0. The summed E-state index contributed by atoms with van der Waals surface area (Å²) < 4.78 is 68.4. The van der Waals surface area contributed by atoms with E-state index in [4.69, 9.17) is 37.0 Å². The van der Waals surface area contributed by atoms with Crippen molar-refractivity contribution >= 4 is 39.5 Å². The van der Waals surface area contributed by atoms with Gasteiger partial charge in [0.25, 0.3) is 0 Å². The van der Waals surface area contributed by atoms with E-state index < -0.39 is 97.5 Å². The van der Waals surface area contributed by atoms with Crippen LogP contribution in [0.2, 0.25) is 0 Å². The van der Waals surface area contributed by atoms with Crippen molar-refractivity contribution < 1.29 is 80.2 Å². The van der Waals surface area contributed by atoms with Crippen molar-refractivity contribution in [2.75, 3.05) is 39.6 Å². The van der Waals surface area contributed by atoms with E-state index in [1.54, 1.807) is 0 Å². The Hall–Kier alpha value is -1.94. The Labute approximate surface area is 562 Å². The Morgan fingerprint density at radius 3 is 0.772 bits per heavy atom. The Kier molecular flexibility index (Phi) is 64.9. The predicted octanol–water partition coefficient (Wildman–Crippen LogP) is 21.3. The predicted molar refractivity (Wildman–Crippen MR) is 372 cm³/mol. The first-order valence-electron chi connectivity index (χ1n) is 38.2. The molecule has 6 atom stereocenters. The molecular weight excluding hydrogens is 1210 g/mol. The zero-order valence-corrected chi connectivity index (χ0v) is 61.5. The van der Waals surface area contributed by atoms with Crippen LogP contribution in [0.4, 0.5) is 0 Å². The Morgan fingerprint density at radius 2 is 0.522 bits per heavy atom. The molecule has 0 spiro atoms. The van der Waals surface area contributed by atoms with E-state index in [0.717, 1.165) is 102 Å². The Balaban J connectivity index is 5.22. The van der Waals surface area contributed by atoms with Gasteiger partial charge in [-0.05, 0) is 31.6 Å². The van der Waals surface area contributed by atoms with E-state index in [-0.39, 0.29) is 25.7 Å². The molecule has 0 radical (unpaired) electrons. The molecule has 0 bridgehead atoms. The highest BCUT2D eigenvalue weighted by molar-refractivity contribution is 7.47. The molecule has 92 heavy (non-hydrogen) atoms. The lowest BCUT2D eigenvalue weighted by Crippen LogP contribution is -2.30. The summed E-state index contributed by atoms with van der Waals surface area (Å²) in [4.78, 5) is 72.6. The maximum absolute atomic E-state index is 13.1. The van der Waals surface area contributed by atoms with Crippen LogP contribution in [0.15, 0.2) is 0 Å². The van der Waals surface area contributed by atoms with E-state index in [9.17, 15) is 43.2 Å². The first-order chi connectivity index (χ1) is 44.6. The highest BCUT2D eigenvalue weighted by atomic mass is 31.2. The lowest BCUT2D eigenvalue weighted by atomic mass is 9.99. The van der Waals surface area contributed by atoms with Gasteiger partial charge in [-0.1, -0.05) is 330 Å². The van der Waals surface area contributed by atoms with Gasteiger partial charge >= 0.3 is 39.5 Å². The number of esters is 4. The molecule has 546 valence electrons. The second-order valence-electron chi connectivity index (χ2n) is 26.6. The molecule has 0 saturated carbocycles. The number of phosphoric acid groups is 2. The SMILES string of the molecule is CCCCCCCCCCCCCCCCCCC(=O)O[C@H](COC(=O)CCCCCCCCCCCCC(C)CC)COP(=O)(O)OC[C@@H](O)COP(=O)(O)OC[C@@H](COC(=O)CCCCCCCCCC)OC(=O)CCCCCCCCCCCCCCCC. The van der Waals surface area contributed by atoms with Crippen molar-refractivity contribution in [3.63, 3.8) is 0 Å². The number of unbranched alkanes of at least 4 members (excludes halogenated alkanes) is 44. The fraction of sp³-hybridized carbons (Fsp3) is 0.945. The number of rotatable bonds is 73. The Morgan fingerprint density at radius 1 is 0.304 bits per heavy atom. The third-order valence-corrected chi connectivity index (χ3v) is 19.3. The van der Waals surface area contributed by atoms with Crippen LogP contribution in [-0.4, -0.2) is 96.7 Å². The van der Waals surface area contributed by atoms with E-state index in [0.29, 0.717) is 25.7 Å². The topological polar surface area (TPSA) is 237 Å². The van der Waals surface area contributed by atoms with Crippen LogP contribution in [0.3, 0.4) is 0 Å². The summed E-state index contributed by atoms with van der Waals surface area (Å²) in [5.74, 6) is -1.31. The summed E-state index contributed by atoms with van der Waals surface area (Å²) in [6, 6.07) is 0. The molecule has 0 saturated heterocycles. The summed E-state index contributed by atoms with van der Waals surface area (Å²) in [7, 11) is -9.90. The fourth-order valence-corrected chi connectivity index (χ4v) is 12.7. The highest BCUT2D eigenvalue weighted by Gasteiger charge is 2.30. The first-order valence-corrected chi connectivity index (χ1v) is 41.2. The number of hydrogen-bond donors (Lipinski definition) is 3. The second kappa shape index (κ2) is 66.3. The molecule has 0 aliphatic carbocycles. The van der Waals surface area contributed by atoms with Gasteiger partial charge in [-0.3, -0.25) is 37.3 Å². The monoisotopic (exact) mass is 1350 g/mol. The van der Waals surface area contributed by atoms with Crippen LogP contribution in [0.25, 0.3) is 0 Å². The van der Waals surface area contributed by atoms with Gasteiger partial charge in [-0.25, -0.2) is 9.13 Å². The van der Waals surface area contributed by atoms with Gasteiger partial charge in [0.05, 0.1) is 26.4 Å². The first kappa shape index (κ1) is 90.1. The van der Waals surface area contributed by atoms with Crippen LogP contribution in [0.5, 0.6) is 0 Å². The minimum absolute atomic E-state index is 0.108. The molecule has 0 rings (SSSR count). The second-order valence-corrected chi connectivity index (χ2v) is 29.5. The van der Waals surface area contributed by atoms with E-state index >= 15 is 0 Å². The third kappa shape index (κ3) is 65.4. The zero-order chi connectivity index (χ0) is 67.7. The summed E-state index contributed by atoms with van der Waals surface area (Å²) in [5, 5.41) is 10.6. The maximum atomic E-state index is 13.1. The van der Waals surface area contributed by atoms with Gasteiger partial charge in [-0.15, -0.1) is 0 Å². The van der Waals surface area contributed by atoms with Crippen molar-refractivity contribution in [3.8, 4) is 0 Å². The molecule has 0 fully saturated rings. The number of aliphatic hydroxyl groups is 1. The standard InChI is InChI=1S/C73H142O17P2/c1-6-10-13-16-19-22-24-26-28-29-31-33-39-44-49-54-59-73(78)90-69(63-84-71(76)57-52-47-42-37-35-34-36-40-45-50-55-66(5)9-4)65-88-92(81,82)86-61-67(74)60-85-91(79,80)87-64-68(62-83-70(75)56-51-46-41-21-18-15-12-8-3)89-72(77)58-53-48-43-38-32-30-27-25-23-20-17-14-11-7-2/h66-69,74H,6-65H2,1-5H3,(H,79,80)(H,81,82)/t66?,67-,68+,69+/m0/s1. The van der Waals surface area contributed by atoms with Crippen LogP contribution in [0.1, 0.15) is 381 Å². The summed E-state index contributed by atoms with van der Waals surface area (Å²) in [6.45, 7) is 7.28. The summed E-state index contributed by atoms with van der Waals surface area (Å²) in [5.41, 5.74) is 0. The molecule has 0 aromatic carbocycles. The van der Waals surface area contributed by atoms with E-state index in [2.05, 4.69) is 34.6 Å².